The number of hydrogen-bond donors (Lipinski definition) is 0. The molecule has 1 fully saturated rings. The largest absolute Gasteiger partial charge is 0.198 e. The summed E-state index contributed by atoms with van der Waals surface area (Å²) in [5.41, 5.74) is -0.256. The minimum atomic E-state index is -0.256. The van der Waals surface area contributed by atoms with Gasteiger partial charge >= 0.3 is 0 Å². The van der Waals surface area contributed by atoms with E-state index in [2.05, 4.69) is 61.5 Å². The highest BCUT2D eigenvalue weighted by Gasteiger charge is 2.67. The van der Waals surface area contributed by atoms with Crippen molar-refractivity contribution < 1.29 is 0 Å². The van der Waals surface area contributed by atoms with Gasteiger partial charge in [-0.05, 0) is 37.6 Å². The molecule has 0 bridgehead atoms. The smallest absolute Gasteiger partial charge is 0.0904 e. The van der Waals surface area contributed by atoms with Crippen LogP contribution in [-0.2, 0) is 0 Å². The van der Waals surface area contributed by atoms with Crippen LogP contribution in [0.15, 0.2) is 70.5 Å². The lowest BCUT2D eigenvalue weighted by atomic mass is 10.2. The van der Waals surface area contributed by atoms with Gasteiger partial charge in [0.25, 0.3) is 0 Å². The van der Waals surface area contributed by atoms with Crippen molar-refractivity contribution in [2.45, 2.75) is 27.2 Å². The molecule has 1 nitrogen and oxygen atoms in total. The third-order valence-corrected chi connectivity index (χ3v) is 6.97. The number of thioether (sulfide) groups is 2. The summed E-state index contributed by atoms with van der Waals surface area (Å²) in [4.78, 5) is 2.46. The fourth-order valence-corrected chi connectivity index (χ4v) is 5.58. The second-order valence-corrected chi connectivity index (χ2v) is 8.21. The Bertz CT molecular complexity index is 592. The lowest BCUT2D eigenvalue weighted by Gasteiger charge is -2.18. The van der Waals surface area contributed by atoms with Crippen LogP contribution in [-0.4, -0.2) is 4.08 Å². The van der Waals surface area contributed by atoms with E-state index in [4.69, 9.17) is 0 Å². The highest BCUT2D eigenvalue weighted by Crippen LogP contribution is 2.72. The quantitative estimate of drug-likeness (QED) is 0.725. The Morgan fingerprint density at radius 2 is 1.35 bits per heavy atom. The number of hydrogen-bond acceptors (Lipinski definition) is 3. The normalized spacial score (nSPS) is 23.0. The van der Waals surface area contributed by atoms with E-state index in [1.807, 2.05) is 35.7 Å². The van der Waals surface area contributed by atoms with E-state index in [1.54, 1.807) is 0 Å². The Hall–Kier alpha value is -1.37. The molecule has 0 spiro atoms. The Balaban J connectivity index is 1.86. The molecule has 0 aliphatic heterocycles. The Labute approximate surface area is 128 Å². The maximum Gasteiger partial charge on any atom is 0.0904 e. The molecule has 1 atom stereocenters. The zero-order valence-electron chi connectivity index (χ0n) is 11.2. The van der Waals surface area contributed by atoms with E-state index in [9.17, 15) is 5.26 Å². The van der Waals surface area contributed by atoms with Crippen molar-refractivity contribution in [1.29, 1.82) is 5.26 Å². The molecule has 0 radical (unpaired) electrons. The maximum absolute atomic E-state index is 9.48. The first-order chi connectivity index (χ1) is 9.67. The summed E-state index contributed by atoms with van der Waals surface area (Å²) in [5, 5.41) is 9.48. The van der Waals surface area contributed by atoms with Gasteiger partial charge in [0.05, 0.1) is 15.6 Å². The van der Waals surface area contributed by atoms with Gasteiger partial charge in [-0.3, -0.25) is 0 Å². The predicted molar refractivity (Wildman–Crippen MR) is 85.7 cm³/mol. The highest BCUT2D eigenvalue weighted by molar-refractivity contribution is 8.18. The van der Waals surface area contributed by atoms with Gasteiger partial charge < -0.3 is 0 Å². The molecule has 0 heterocycles. The van der Waals surface area contributed by atoms with E-state index >= 15 is 0 Å². The summed E-state index contributed by atoms with van der Waals surface area (Å²) in [7, 11) is 0. The van der Waals surface area contributed by atoms with Crippen LogP contribution in [0.3, 0.4) is 0 Å². The Morgan fingerprint density at radius 1 is 0.900 bits per heavy atom. The summed E-state index contributed by atoms with van der Waals surface area (Å²) < 4.78 is -0.0650. The second-order valence-electron chi connectivity index (χ2n) is 5.20. The van der Waals surface area contributed by atoms with Gasteiger partial charge in [-0.1, -0.05) is 36.4 Å². The molecular formula is C17H15NS2. The van der Waals surface area contributed by atoms with E-state index in [0.29, 0.717) is 0 Å². The van der Waals surface area contributed by atoms with Gasteiger partial charge in [-0.25, -0.2) is 0 Å². The van der Waals surface area contributed by atoms with Gasteiger partial charge in [0, 0.05) is 9.79 Å². The number of nitriles is 1. The first kappa shape index (κ1) is 13.6. The molecule has 0 amide bonds. The predicted octanol–water partition coefficient (Wildman–Crippen LogP) is 5.20. The average molecular weight is 297 g/mol. The van der Waals surface area contributed by atoms with E-state index in [0.717, 1.165) is 6.42 Å². The maximum atomic E-state index is 9.48. The molecule has 1 aliphatic carbocycles. The fourth-order valence-electron chi connectivity index (χ4n) is 2.22. The Kier molecular flexibility index (Phi) is 3.54. The highest BCUT2D eigenvalue weighted by atomic mass is 32.2. The standard InChI is InChI=1S/C17H15NS2/c1-16(13-18)12-17(16,19-14-8-4-2-5-9-14)20-15-10-6-3-7-11-15/h2-11H,12H2,1H3. The zero-order valence-corrected chi connectivity index (χ0v) is 12.9. The molecular weight excluding hydrogens is 282 g/mol. The summed E-state index contributed by atoms with van der Waals surface area (Å²) in [6.45, 7) is 2.07. The third kappa shape index (κ3) is 2.46. The third-order valence-electron chi connectivity index (χ3n) is 3.60. The van der Waals surface area contributed by atoms with Crippen LogP contribution in [0.1, 0.15) is 13.3 Å². The van der Waals surface area contributed by atoms with Crippen molar-refractivity contribution >= 4 is 23.5 Å². The molecule has 2 aromatic rings. The van der Waals surface area contributed by atoms with Crippen LogP contribution in [0.2, 0.25) is 0 Å². The minimum Gasteiger partial charge on any atom is -0.198 e. The first-order valence-electron chi connectivity index (χ1n) is 6.57. The zero-order chi connectivity index (χ0) is 14.1. The first-order valence-corrected chi connectivity index (χ1v) is 8.20. The monoisotopic (exact) mass is 297 g/mol. The van der Waals surface area contributed by atoms with Crippen LogP contribution in [0.4, 0.5) is 0 Å². The fraction of sp³-hybridized carbons (Fsp3) is 0.235. The van der Waals surface area contributed by atoms with Crippen molar-refractivity contribution in [2.24, 2.45) is 5.41 Å². The molecule has 20 heavy (non-hydrogen) atoms. The SMILES string of the molecule is CC1(C#N)CC1(Sc1ccccc1)Sc1ccccc1. The molecule has 3 rings (SSSR count). The molecule has 3 heteroatoms. The van der Waals surface area contributed by atoms with E-state index in [-0.39, 0.29) is 9.49 Å². The number of rotatable bonds is 4. The lowest BCUT2D eigenvalue weighted by Crippen LogP contribution is -2.08. The van der Waals surface area contributed by atoms with Gasteiger partial charge in [0.2, 0.25) is 0 Å². The molecule has 0 N–H and O–H groups in total. The van der Waals surface area contributed by atoms with E-state index in [1.165, 1.54) is 9.79 Å². The van der Waals surface area contributed by atoms with Gasteiger partial charge in [0.1, 0.15) is 0 Å². The van der Waals surface area contributed by atoms with Crippen molar-refractivity contribution in [3.63, 3.8) is 0 Å². The van der Waals surface area contributed by atoms with Crippen molar-refractivity contribution in [2.75, 3.05) is 0 Å². The number of benzene rings is 2. The topological polar surface area (TPSA) is 23.8 Å². The van der Waals surface area contributed by atoms with Crippen molar-refractivity contribution in [1.82, 2.24) is 0 Å². The lowest BCUT2D eigenvalue weighted by molar-refractivity contribution is 0.759. The summed E-state index contributed by atoms with van der Waals surface area (Å²) >= 11 is 3.65. The minimum absolute atomic E-state index is 0.0650. The van der Waals surface area contributed by atoms with Crippen LogP contribution in [0.25, 0.3) is 0 Å². The molecule has 1 unspecified atom stereocenters. The molecule has 2 aromatic carbocycles. The second kappa shape index (κ2) is 5.20. The van der Waals surface area contributed by atoms with Crippen LogP contribution < -0.4 is 0 Å². The van der Waals surface area contributed by atoms with E-state index < -0.39 is 0 Å². The van der Waals surface area contributed by atoms with Crippen LogP contribution in [0.5, 0.6) is 0 Å². The Morgan fingerprint density at radius 3 is 1.70 bits per heavy atom. The number of nitrogens with zero attached hydrogens (tertiary/aromatic N) is 1. The van der Waals surface area contributed by atoms with Crippen LogP contribution >= 0.6 is 23.5 Å². The van der Waals surface area contributed by atoms with Crippen molar-refractivity contribution in [3.05, 3.63) is 60.7 Å². The average Bonchev–Trinajstić information content (AvgIpc) is 3.05. The van der Waals surface area contributed by atoms with Crippen LogP contribution in [0, 0.1) is 16.7 Å². The molecule has 1 saturated carbocycles. The molecule has 100 valence electrons. The molecule has 1 aliphatic rings. The molecule has 0 saturated heterocycles. The van der Waals surface area contributed by atoms with Gasteiger partial charge in [-0.15, -0.1) is 23.5 Å². The molecule has 0 aromatic heterocycles. The summed E-state index contributed by atoms with van der Waals surface area (Å²) in [6, 6.07) is 23.2. The summed E-state index contributed by atoms with van der Waals surface area (Å²) in [5.74, 6) is 0. The summed E-state index contributed by atoms with van der Waals surface area (Å²) in [6.07, 6.45) is 0.926. The van der Waals surface area contributed by atoms with Gasteiger partial charge in [-0.2, -0.15) is 5.26 Å². The van der Waals surface area contributed by atoms with Gasteiger partial charge in [0.15, 0.2) is 0 Å². The van der Waals surface area contributed by atoms with Crippen molar-refractivity contribution in [3.8, 4) is 6.07 Å².